The van der Waals surface area contributed by atoms with Crippen molar-refractivity contribution in [2.24, 2.45) is 0 Å². The number of aromatic nitrogens is 2. The first kappa shape index (κ1) is 10.2. The van der Waals surface area contributed by atoms with Crippen molar-refractivity contribution in [2.45, 2.75) is 31.9 Å². The average molecular weight is 229 g/mol. The summed E-state index contributed by atoms with van der Waals surface area (Å²) in [6.45, 7) is 3.95. The van der Waals surface area contributed by atoms with Crippen molar-refractivity contribution >= 4 is 23.4 Å². The first-order valence-corrected chi connectivity index (χ1v) is 6.23. The van der Waals surface area contributed by atoms with Crippen LogP contribution >= 0.6 is 23.4 Å². The Bertz CT molecular complexity index is 325. The van der Waals surface area contributed by atoms with Crippen LogP contribution in [0.1, 0.15) is 35.2 Å². The first-order valence-electron chi connectivity index (χ1n) is 4.80. The standard InChI is InChI=1S/C10H13ClN2S/c1-6-7(2)12-10(13-9(6)11)8-4-3-5-14-8/h8H,3-5H2,1-2H3. The molecular formula is C10H13ClN2S. The van der Waals surface area contributed by atoms with Crippen molar-refractivity contribution in [2.75, 3.05) is 5.75 Å². The number of halogens is 1. The van der Waals surface area contributed by atoms with Gasteiger partial charge in [-0.25, -0.2) is 9.97 Å². The van der Waals surface area contributed by atoms with Crippen molar-refractivity contribution in [1.82, 2.24) is 9.97 Å². The lowest BCUT2D eigenvalue weighted by Gasteiger charge is -2.09. The summed E-state index contributed by atoms with van der Waals surface area (Å²) < 4.78 is 0. The van der Waals surface area contributed by atoms with E-state index in [1.54, 1.807) is 0 Å². The van der Waals surface area contributed by atoms with Gasteiger partial charge in [-0.2, -0.15) is 11.8 Å². The molecule has 1 aliphatic heterocycles. The van der Waals surface area contributed by atoms with Crippen molar-refractivity contribution in [1.29, 1.82) is 0 Å². The normalized spacial score (nSPS) is 21.5. The molecule has 0 spiro atoms. The van der Waals surface area contributed by atoms with E-state index in [9.17, 15) is 0 Å². The molecule has 4 heteroatoms. The van der Waals surface area contributed by atoms with Gasteiger partial charge in [0.1, 0.15) is 11.0 Å². The van der Waals surface area contributed by atoms with Gasteiger partial charge in [0.2, 0.25) is 0 Å². The summed E-state index contributed by atoms with van der Waals surface area (Å²) in [6, 6.07) is 0. The Balaban J connectivity index is 2.34. The molecule has 1 aliphatic rings. The molecule has 1 fully saturated rings. The molecule has 14 heavy (non-hydrogen) atoms. The SMILES string of the molecule is Cc1nc(C2CCCS2)nc(Cl)c1C. The topological polar surface area (TPSA) is 25.8 Å². The van der Waals surface area contributed by atoms with E-state index in [2.05, 4.69) is 9.97 Å². The fourth-order valence-electron chi connectivity index (χ4n) is 1.54. The molecule has 2 heterocycles. The maximum absolute atomic E-state index is 6.04. The number of rotatable bonds is 1. The van der Waals surface area contributed by atoms with Crippen LogP contribution in [0.15, 0.2) is 0 Å². The van der Waals surface area contributed by atoms with Gasteiger partial charge in [0.05, 0.1) is 5.25 Å². The summed E-state index contributed by atoms with van der Waals surface area (Å²) in [5.74, 6) is 2.14. The van der Waals surface area contributed by atoms with Crippen LogP contribution < -0.4 is 0 Å². The molecule has 0 bridgehead atoms. The highest BCUT2D eigenvalue weighted by Gasteiger charge is 2.21. The maximum atomic E-state index is 6.04. The van der Waals surface area contributed by atoms with Crippen LogP contribution in [0.25, 0.3) is 0 Å². The summed E-state index contributed by atoms with van der Waals surface area (Å²) in [5.41, 5.74) is 2.01. The Morgan fingerprint density at radius 3 is 2.71 bits per heavy atom. The van der Waals surface area contributed by atoms with E-state index in [1.165, 1.54) is 18.6 Å². The molecular weight excluding hydrogens is 216 g/mol. The molecule has 0 saturated carbocycles. The maximum Gasteiger partial charge on any atom is 0.143 e. The highest BCUT2D eigenvalue weighted by atomic mass is 35.5. The molecule has 1 aromatic heterocycles. The monoisotopic (exact) mass is 228 g/mol. The quantitative estimate of drug-likeness (QED) is 0.690. The molecule has 0 N–H and O–H groups in total. The average Bonchev–Trinajstić information content (AvgIpc) is 2.66. The minimum absolute atomic E-state index is 0.465. The lowest BCUT2D eigenvalue weighted by atomic mass is 10.2. The predicted octanol–water partition coefficient (Wildman–Crippen LogP) is 3.31. The Hall–Kier alpha value is -0.280. The minimum Gasteiger partial charge on any atom is -0.237 e. The zero-order valence-corrected chi connectivity index (χ0v) is 9.95. The van der Waals surface area contributed by atoms with Crippen LogP contribution in [0.3, 0.4) is 0 Å². The number of nitrogens with zero attached hydrogens (tertiary/aromatic N) is 2. The summed E-state index contributed by atoms with van der Waals surface area (Å²) >= 11 is 7.97. The van der Waals surface area contributed by atoms with Crippen molar-refractivity contribution in [3.8, 4) is 0 Å². The highest BCUT2D eigenvalue weighted by molar-refractivity contribution is 7.99. The van der Waals surface area contributed by atoms with Crippen molar-refractivity contribution in [3.63, 3.8) is 0 Å². The number of hydrogen-bond acceptors (Lipinski definition) is 3. The molecule has 1 unspecified atom stereocenters. The van der Waals surface area contributed by atoms with E-state index in [1.807, 2.05) is 25.6 Å². The Kier molecular flexibility index (Phi) is 2.98. The van der Waals surface area contributed by atoms with Gasteiger partial charge in [-0.1, -0.05) is 11.6 Å². The fraction of sp³-hybridized carbons (Fsp3) is 0.600. The smallest absolute Gasteiger partial charge is 0.143 e. The fourth-order valence-corrected chi connectivity index (χ4v) is 2.97. The highest BCUT2D eigenvalue weighted by Crippen LogP contribution is 2.38. The molecule has 0 amide bonds. The van der Waals surface area contributed by atoms with Gasteiger partial charge < -0.3 is 0 Å². The van der Waals surface area contributed by atoms with Crippen LogP contribution in [0.2, 0.25) is 5.15 Å². The van der Waals surface area contributed by atoms with Crippen LogP contribution in [-0.4, -0.2) is 15.7 Å². The van der Waals surface area contributed by atoms with E-state index >= 15 is 0 Å². The van der Waals surface area contributed by atoms with E-state index in [4.69, 9.17) is 11.6 Å². The molecule has 1 atom stereocenters. The van der Waals surface area contributed by atoms with Crippen molar-refractivity contribution in [3.05, 3.63) is 22.2 Å². The second kappa shape index (κ2) is 4.07. The van der Waals surface area contributed by atoms with Gasteiger partial charge >= 0.3 is 0 Å². The van der Waals surface area contributed by atoms with Crippen LogP contribution in [0.4, 0.5) is 0 Å². The summed E-state index contributed by atoms with van der Waals surface area (Å²) in [5, 5.41) is 1.08. The molecule has 2 rings (SSSR count). The van der Waals surface area contributed by atoms with Gasteiger partial charge in [-0.15, -0.1) is 0 Å². The van der Waals surface area contributed by atoms with E-state index in [0.29, 0.717) is 10.4 Å². The van der Waals surface area contributed by atoms with Crippen LogP contribution in [-0.2, 0) is 0 Å². The summed E-state index contributed by atoms with van der Waals surface area (Å²) in [4.78, 5) is 8.85. The molecule has 2 nitrogen and oxygen atoms in total. The molecule has 76 valence electrons. The van der Waals surface area contributed by atoms with E-state index in [0.717, 1.165) is 17.1 Å². The van der Waals surface area contributed by atoms with Crippen LogP contribution in [0.5, 0.6) is 0 Å². The Morgan fingerprint density at radius 1 is 1.36 bits per heavy atom. The zero-order valence-electron chi connectivity index (χ0n) is 8.38. The van der Waals surface area contributed by atoms with E-state index in [-0.39, 0.29) is 0 Å². The largest absolute Gasteiger partial charge is 0.237 e. The van der Waals surface area contributed by atoms with Crippen LogP contribution in [0, 0.1) is 13.8 Å². The molecule has 1 saturated heterocycles. The van der Waals surface area contributed by atoms with Gasteiger partial charge in [0, 0.05) is 11.3 Å². The second-order valence-corrected chi connectivity index (χ2v) is 5.25. The molecule has 1 aromatic rings. The molecule has 0 aromatic carbocycles. The zero-order chi connectivity index (χ0) is 10.1. The van der Waals surface area contributed by atoms with Gasteiger partial charge in [0.25, 0.3) is 0 Å². The summed E-state index contributed by atoms with van der Waals surface area (Å²) in [6.07, 6.45) is 2.45. The first-order chi connectivity index (χ1) is 6.68. The van der Waals surface area contributed by atoms with Gasteiger partial charge in [-0.05, 0) is 32.4 Å². The number of hydrogen-bond donors (Lipinski definition) is 0. The van der Waals surface area contributed by atoms with Gasteiger partial charge in [-0.3, -0.25) is 0 Å². The lowest BCUT2D eigenvalue weighted by molar-refractivity contribution is 0.768. The molecule has 0 radical (unpaired) electrons. The predicted molar refractivity (Wildman–Crippen MR) is 60.9 cm³/mol. The third-order valence-electron chi connectivity index (χ3n) is 2.56. The lowest BCUT2D eigenvalue weighted by Crippen LogP contribution is -2.02. The Morgan fingerprint density at radius 2 is 2.14 bits per heavy atom. The van der Waals surface area contributed by atoms with Gasteiger partial charge in [0.15, 0.2) is 0 Å². The molecule has 0 aliphatic carbocycles. The van der Waals surface area contributed by atoms with Crippen molar-refractivity contribution < 1.29 is 0 Å². The summed E-state index contributed by atoms with van der Waals surface area (Å²) in [7, 11) is 0. The third kappa shape index (κ3) is 1.89. The Labute approximate surface area is 93.5 Å². The number of aryl methyl sites for hydroxylation is 1. The minimum atomic E-state index is 0.465. The number of thioether (sulfide) groups is 1. The third-order valence-corrected chi connectivity index (χ3v) is 4.31. The second-order valence-electron chi connectivity index (χ2n) is 3.58. The van der Waals surface area contributed by atoms with E-state index < -0.39 is 0 Å².